The quantitative estimate of drug-likeness (QED) is 0.831. The lowest BCUT2D eigenvalue weighted by atomic mass is 10.0. The van der Waals surface area contributed by atoms with Crippen LogP contribution in [0.15, 0.2) is 36.4 Å². The molecule has 0 unspecified atom stereocenters. The molecule has 0 aliphatic heterocycles. The van der Waals surface area contributed by atoms with Gasteiger partial charge in [0.25, 0.3) is 5.91 Å². The number of amides is 1. The van der Waals surface area contributed by atoms with Crippen LogP contribution in [0.3, 0.4) is 0 Å². The Kier molecular flexibility index (Phi) is 6.28. The van der Waals surface area contributed by atoms with E-state index in [0.29, 0.717) is 22.8 Å². The van der Waals surface area contributed by atoms with Gasteiger partial charge in [-0.05, 0) is 36.6 Å². The Morgan fingerprint density at radius 1 is 1.00 bits per heavy atom. The fraction of sp³-hybridized carbons (Fsp3) is 0.350. The second kappa shape index (κ2) is 8.42. The van der Waals surface area contributed by atoms with E-state index in [4.69, 9.17) is 14.2 Å². The number of methoxy groups -OCH3 is 3. The molecule has 0 aliphatic rings. The minimum absolute atomic E-state index is 0.113. The first kappa shape index (κ1) is 18.6. The number of hydrogen-bond donors (Lipinski definition) is 1. The van der Waals surface area contributed by atoms with Crippen LogP contribution in [0.25, 0.3) is 0 Å². The maximum atomic E-state index is 12.6. The number of rotatable bonds is 7. The van der Waals surface area contributed by atoms with E-state index < -0.39 is 0 Å². The van der Waals surface area contributed by atoms with Crippen LogP contribution in [0.5, 0.6) is 17.2 Å². The third kappa shape index (κ3) is 4.24. The van der Waals surface area contributed by atoms with Gasteiger partial charge in [-0.2, -0.15) is 0 Å². The van der Waals surface area contributed by atoms with Crippen molar-refractivity contribution in [2.45, 2.75) is 26.3 Å². The molecule has 1 N–H and O–H groups in total. The fourth-order valence-electron chi connectivity index (χ4n) is 2.62. The van der Waals surface area contributed by atoms with Crippen molar-refractivity contribution in [1.29, 1.82) is 0 Å². The van der Waals surface area contributed by atoms with Crippen LogP contribution in [0.4, 0.5) is 0 Å². The lowest BCUT2D eigenvalue weighted by Gasteiger charge is -2.17. The van der Waals surface area contributed by atoms with E-state index in [9.17, 15) is 4.79 Å². The summed E-state index contributed by atoms with van der Waals surface area (Å²) in [6, 6.07) is 11.4. The van der Waals surface area contributed by atoms with E-state index in [-0.39, 0.29) is 11.9 Å². The molecule has 0 heterocycles. The number of nitrogens with one attached hydrogen (secondary N) is 1. The van der Waals surface area contributed by atoms with Crippen LogP contribution in [0.1, 0.15) is 41.4 Å². The van der Waals surface area contributed by atoms with Crippen molar-refractivity contribution in [1.82, 2.24) is 5.32 Å². The predicted octanol–water partition coefficient (Wildman–Crippen LogP) is 3.77. The molecule has 2 aromatic rings. The minimum Gasteiger partial charge on any atom is -0.493 e. The standard InChI is InChI=1S/C20H25NO4/c1-6-14-7-9-15(10-8-14)13(2)21-20(22)16-11-17(23-3)19(25-5)18(12-16)24-4/h7-13H,6H2,1-5H3,(H,21,22)/t13-/m0/s1. The normalized spacial score (nSPS) is 11.6. The molecular formula is C20H25NO4. The largest absolute Gasteiger partial charge is 0.493 e. The average Bonchev–Trinajstić information content (AvgIpc) is 2.66. The Morgan fingerprint density at radius 3 is 2.00 bits per heavy atom. The first-order valence-electron chi connectivity index (χ1n) is 8.23. The molecular weight excluding hydrogens is 318 g/mol. The van der Waals surface area contributed by atoms with Crippen molar-refractivity contribution < 1.29 is 19.0 Å². The number of ether oxygens (including phenoxy) is 3. The molecule has 134 valence electrons. The van der Waals surface area contributed by atoms with Crippen molar-refractivity contribution in [3.63, 3.8) is 0 Å². The number of carbonyl (C=O) groups is 1. The maximum absolute atomic E-state index is 12.6. The second-order valence-corrected chi connectivity index (χ2v) is 5.70. The number of carbonyl (C=O) groups excluding carboxylic acids is 1. The molecule has 1 atom stereocenters. The van der Waals surface area contributed by atoms with Crippen molar-refractivity contribution in [3.8, 4) is 17.2 Å². The van der Waals surface area contributed by atoms with Gasteiger partial charge in [0.1, 0.15) is 0 Å². The first-order valence-corrected chi connectivity index (χ1v) is 8.23. The van der Waals surface area contributed by atoms with Gasteiger partial charge in [-0.15, -0.1) is 0 Å². The van der Waals surface area contributed by atoms with Gasteiger partial charge in [-0.1, -0.05) is 31.2 Å². The summed E-state index contributed by atoms with van der Waals surface area (Å²) >= 11 is 0. The molecule has 0 spiro atoms. The van der Waals surface area contributed by atoms with Crippen molar-refractivity contribution in [2.75, 3.05) is 21.3 Å². The zero-order chi connectivity index (χ0) is 18.4. The van der Waals surface area contributed by atoms with Crippen LogP contribution in [0.2, 0.25) is 0 Å². The molecule has 25 heavy (non-hydrogen) atoms. The number of hydrogen-bond acceptors (Lipinski definition) is 4. The maximum Gasteiger partial charge on any atom is 0.252 e. The second-order valence-electron chi connectivity index (χ2n) is 5.70. The van der Waals surface area contributed by atoms with Crippen molar-refractivity contribution in [2.24, 2.45) is 0 Å². The highest BCUT2D eigenvalue weighted by Crippen LogP contribution is 2.38. The van der Waals surface area contributed by atoms with Crippen LogP contribution >= 0.6 is 0 Å². The summed E-state index contributed by atoms with van der Waals surface area (Å²) in [6.45, 7) is 4.07. The Balaban J connectivity index is 2.21. The van der Waals surface area contributed by atoms with Crippen molar-refractivity contribution in [3.05, 3.63) is 53.1 Å². The Morgan fingerprint density at radius 2 is 1.56 bits per heavy atom. The molecule has 5 nitrogen and oxygen atoms in total. The van der Waals surface area contributed by atoms with Gasteiger partial charge in [0, 0.05) is 5.56 Å². The minimum atomic E-state index is -0.202. The summed E-state index contributed by atoms with van der Waals surface area (Å²) < 4.78 is 15.9. The monoisotopic (exact) mass is 343 g/mol. The topological polar surface area (TPSA) is 56.8 Å². The summed E-state index contributed by atoms with van der Waals surface area (Å²) in [5.41, 5.74) is 2.77. The average molecular weight is 343 g/mol. The highest BCUT2D eigenvalue weighted by molar-refractivity contribution is 5.95. The van der Waals surface area contributed by atoms with E-state index in [0.717, 1.165) is 12.0 Å². The van der Waals surface area contributed by atoms with Crippen LogP contribution in [0, 0.1) is 0 Å². The SMILES string of the molecule is CCc1ccc([C@H](C)NC(=O)c2cc(OC)c(OC)c(OC)c2)cc1. The number of aryl methyl sites for hydroxylation is 1. The molecule has 0 bridgehead atoms. The predicted molar refractivity (Wildman–Crippen MR) is 97.8 cm³/mol. The smallest absolute Gasteiger partial charge is 0.252 e. The third-order valence-electron chi connectivity index (χ3n) is 4.16. The van der Waals surface area contributed by atoms with Gasteiger partial charge in [0.05, 0.1) is 27.4 Å². The zero-order valence-electron chi connectivity index (χ0n) is 15.4. The van der Waals surface area contributed by atoms with E-state index in [1.807, 2.05) is 19.1 Å². The van der Waals surface area contributed by atoms with Gasteiger partial charge in [-0.3, -0.25) is 4.79 Å². The molecule has 0 radical (unpaired) electrons. The summed E-state index contributed by atoms with van der Waals surface area (Å²) in [7, 11) is 4.58. The lowest BCUT2D eigenvalue weighted by Crippen LogP contribution is -2.26. The van der Waals surface area contributed by atoms with Gasteiger partial charge >= 0.3 is 0 Å². The summed E-state index contributed by atoms with van der Waals surface area (Å²) in [5, 5.41) is 3.00. The lowest BCUT2D eigenvalue weighted by molar-refractivity contribution is 0.0939. The van der Waals surface area contributed by atoms with Gasteiger partial charge < -0.3 is 19.5 Å². The first-order chi connectivity index (χ1) is 12.0. The summed E-state index contributed by atoms with van der Waals surface area (Å²) in [5.74, 6) is 1.16. The molecule has 0 saturated carbocycles. The number of benzene rings is 2. The van der Waals surface area contributed by atoms with E-state index in [1.165, 1.54) is 26.9 Å². The highest BCUT2D eigenvalue weighted by atomic mass is 16.5. The summed E-state index contributed by atoms with van der Waals surface area (Å²) in [4.78, 5) is 12.6. The highest BCUT2D eigenvalue weighted by Gasteiger charge is 2.18. The van der Waals surface area contributed by atoms with E-state index in [1.54, 1.807) is 12.1 Å². The van der Waals surface area contributed by atoms with Gasteiger partial charge in [0.2, 0.25) is 5.75 Å². The molecule has 0 saturated heterocycles. The van der Waals surface area contributed by atoms with E-state index in [2.05, 4.69) is 24.4 Å². The van der Waals surface area contributed by atoms with Gasteiger partial charge in [-0.25, -0.2) is 0 Å². The molecule has 5 heteroatoms. The van der Waals surface area contributed by atoms with Crippen molar-refractivity contribution >= 4 is 5.91 Å². The molecule has 0 fully saturated rings. The Labute approximate surface area is 148 Å². The zero-order valence-corrected chi connectivity index (χ0v) is 15.4. The molecule has 1 amide bonds. The third-order valence-corrected chi connectivity index (χ3v) is 4.16. The van der Waals surface area contributed by atoms with Gasteiger partial charge in [0.15, 0.2) is 11.5 Å². The summed E-state index contributed by atoms with van der Waals surface area (Å²) in [6.07, 6.45) is 0.993. The van der Waals surface area contributed by atoms with Crippen LogP contribution < -0.4 is 19.5 Å². The Bertz CT molecular complexity index is 700. The molecule has 0 aliphatic carbocycles. The molecule has 2 rings (SSSR count). The van der Waals surface area contributed by atoms with Crippen LogP contribution in [-0.4, -0.2) is 27.2 Å². The molecule has 2 aromatic carbocycles. The van der Waals surface area contributed by atoms with Crippen LogP contribution in [-0.2, 0) is 6.42 Å². The molecule has 0 aromatic heterocycles. The Hall–Kier alpha value is -2.69. The van der Waals surface area contributed by atoms with E-state index >= 15 is 0 Å². The fourth-order valence-corrected chi connectivity index (χ4v) is 2.62.